The summed E-state index contributed by atoms with van der Waals surface area (Å²) in [6.07, 6.45) is 0.887. The lowest BCUT2D eigenvalue weighted by Crippen LogP contribution is -2.34. The first kappa shape index (κ1) is 15.5. The second-order valence-corrected chi connectivity index (χ2v) is 6.47. The Morgan fingerprint density at radius 2 is 2.30 bits per heavy atom. The number of amides is 1. The SMILES string of the molecule is CCOCCN1C(=O)C(CC(C)C)NC1c1cccs1. The molecule has 2 unspecified atom stereocenters. The monoisotopic (exact) mass is 296 g/mol. The summed E-state index contributed by atoms with van der Waals surface area (Å²) in [4.78, 5) is 15.7. The molecule has 0 saturated carbocycles. The van der Waals surface area contributed by atoms with E-state index in [4.69, 9.17) is 4.74 Å². The van der Waals surface area contributed by atoms with Crippen LogP contribution >= 0.6 is 11.3 Å². The topological polar surface area (TPSA) is 41.6 Å². The summed E-state index contributed by atoms with van der Waals surface area (Å²) in [6.45, 7) is 8.21. The molecule has 0 aliphatic carbocycles. The van der Waals surface area contributed by atoms with Crippen molar-refractivity contribution in [3.63, 3.8) is 0 Å². The van der Waals surface area contributed by atoms with Gasteiger partial charge in [-0.1, -0.05) is 19.9 Å². The summed E-state index contributed by atoms with van der Waals surface area (Å²) >= 11 is 1.69. The molecule has 2 rings (SSSR count). The number of rotatable bonds is 7. The van der Waals surface area contributed by atoms with Gasteiger partial charge in [-0.2, -0.15) is 0 Å². The first-order valence-corrected chi connectivity index (χ1v) is 8.19. The van der Waals surface area contributed by atoms with Crippen molar-refractivity contribution in [1.29, 1.82) is 0 Å². The van der Waals surface area contributed by atoms with E-state index in [1.807, 2.05) is 17.9 Å². The zero-order chi connectivity index (χ0) is 14.5. The third kappa shape index (κ3) is 3.59. The van der Waals surface area contributed by atoms with Crippen molar-refractivity contribution >= 4 is 17.2 Å². The van der Waals surface area contributed by atoms with Crippen LogP contribution in [0.25, 0.3) is 0 Å². The van der Waals surface area contributed by atoms with Gasteiger partial charge in [0.15, 0.2) is 0 Å². The molecule has 4 nitrogen and oxygen atoms in total. The van der Waals surface area contributed by atoms with Gasteiger partial charge in [0.05, 0.1) is 12.6 Å². The van der Waals surface area contributed by atoms with E-state index in [2.05, 4.69) is 30.6 Å². The molecule has 0 radical (unpaired) electrons. The van der Waals surface area contributed by atoms with Crippen LogP contribution < -0.4 is 5.32 Å². The van der Waals surface area contributed by atoms with Crippen molar-refractivity contribution in [3.8, 4) is 0 Å². The van der Waals surface area contributed by atoms with Gasteiger partial charge in [-0.25, -0.2) is 0 Å². The summed E-state index contributed by atoms with van der Waals surface area (Å²) < 4.78 is 5.41. The van der Waals surface area contributed by atoms with Crippen LogP contribution in [0.3, 0.4) is 0 Å². The highest BCUT2D eigenvalue weighted by molar-refractivity contribution is 7.10. The van der Waals surface area contributed by atoms with Crippen LogP contribution in [0.2, 0.25) is 0 Å². The van der Waals surface area contributed by atoms with Crippen LogP contribution in [0.4, 0.5) is 0 Å². The van der Waals surface area contributed by atoms with Crippen LogP contribution in [0.5, 0.6) is 0 Å². The number of hydrogen-bond donors (Lipinski definition) is 1. The summed E-state index contributed by atoms with van der Waals surface area (Å²) in [5, 5.41) is 5.54. The first-order chi connectivity index (χ1) is 9.63. The van der Waals surface area contributed by atoms with E-state index in [-0.39, 0.29) is 18.1 Å². The van der Waals surface area contributed by atoms with Gasteiger partial charge in [0.2, 0.25) is 5.91 Å². The maximum atomic E-state index is 12.6. The fourth-order valence-electron chi connectivity index (χ4n) is 2.55. The summed E-state index contributed by atoms with van der Waals surface area (Å²) in [6, 6.07) is 4.05. The lowest BCUT2D eigenvalue weighted by atomic mass is 10.0. The standard InChI is InChI=1S/C15H24N2O2S/c1-4-19-8-7-17-14(13-6-5-9-20-13)16-12(15(17)18)10-11(2)3/h5-6,9,11-12,14,16H,4,7-8,10H2,1-3H3. The van der Waals surface area contributed by atoms with Gasteiger partial charge in [-0.3, -0.25) is 10.1 Å². The third-order valence-electron chi connectivity index (χ3n) is 3.45. The number of nitrogens with zero attached hydrogens (tertiary/aromatic N) is 1. The fraction of sp³-hybridized carbons (Fsp3) is 0.667. The quantitative estimate of drug-likeness (QED) is 0.787. The average molecular weight is 296 g/mol. The molecule has 1 saturated heterocycles. The van der Waals surface area contributed by atoms with Crippen molar-refractivity contribution in [1.82, 2.24) is 10.2 Å². The number of hydrogen-bond acceptors (Lipinski definition) is 4. The van der Waals surface area contributed by atoms with Crippen molar-refractivity contribution < 1.29 is 9.53 Å². The fourth-order valence-corrected chi connectivity index (χ4v) is 3.34. The Morgan fingerprint density at radius 1 is 1.50 bits per heavy atom. The zero-order valence-electron chi connectivity index (χ0n) is 12.5. The molecule has 1 aromatic rings. The maximum absolute atomic E-state index is 12.6. The average Bonchev–Trinajstić information content (AvgIpc) is 3.01. The predicted octanol–water partition coefficient (Wildman–Crippen LogP) is 2.63. The van der Waals surface area contributed by atoms with Crippen molar-refractivity contribution in [2.24, 2.45) is 5.92 Å². The molecule has 1 N–H and O–H groups in total. The minimum atomic E-state index is -0.0660. The van der Waals surface area contributed by atoms with E-state index in [9.17, 15) is 4.79 Å². The molecular weight excluding hydrogens is 272 g/mol. The minimum absolute atomic E-state index is 0.00621. The molecule has 1 aliphatic heterocycles. The molecule has 2 atom stereocenters. The highest BCUT2D eigenvalue weighted by Crippen LogP contribution is 2.30. The molecule has 1 aliphatic rings. The molecule has 0 bridgehead atoms. The number of ether oxygens (including phenoxy) is 1. The normalized spacial score (nSPS) is 23.0. The lowest BCUT2D eigenvalue weighted by Gasteiger charge is -2.23. The molecule has 112 valence electrons. The Kier molecular flexibility index (Phi) is 5.57. The smallest absolute Gasteiger partial charge is 0.241 e. The second kappa shape index (κ2) is 7.20. The van der Waals surface area contributed by atoms with Gasteiger partial charge in [0.25, 0.3) is 0 Å². The predicted molar refractivity (Wildman–Crippen MR) is 81.6 cm³/mol. The second-order valence-electron chi connectivity index (χ2n) is 5.50. The van der Waals surface area contributed by atoms with E-state index in [0.717, 1.165) is 6.42 Å². The van der Waals surface area contributed by atoms with Crippen LogP contribution in [-0.2, 0) is 9.53 Å². The van der Waals surface area contributed by atoms with Gasteiger partial charge in [0, 0.05) is 18.0 Å². The minimum Gasteiger partial charge on any atom is -0.380 e. The lowest BCUT2D eigenvalue weighted by molar-refractivity contribution is -0.131. The number of thiophene rings is 1. The molecule has 2 heterocycles. The zero-order valence-corrected chi connectivity index (χ0v) is 13.3. The van der Waals surface area contributed by atoms with Crippen molar-refractivity contribution in [3.05, 3.63) is 22.4 Å². The van der Waals surface area contributed by atoms with Gasteiger partial charge in [-0.15, -0.1) is 11.3 Å². The Morgan fingerprint density at radius 3 is 2.90 bits per heavy atom. The number of carbonyl (C=O) groups is 1. The van der Waals surface area contributed by atoms with Crippen LogP contribution in [-0.4, -0.2) is 36.6 Å². The molecular formula is C15H24N2O2S. The Balaban J connectivity index is 2.08. The van der Waals surface area contributed by atoms with E-state index >= 15 is 0 Å². The molecule has 0 aromatic carbocycles. The highest BCUT2D eigenvalue weighted by atomic mass is 32.1. The molecule has 20 heavy (non-hydrogen) atoms. The number of nitrogens with one attached hydrogen (secondary N) is 1. The largest absolute Gasteiger partial charge is 0.380 e. The highest BCUT2D eigenvalue weighted by Gasteiger charge is 2.39. The Hall–Kier alpha value is -0.910. The summed E-state index contributed by atoms with van der Waals surface area (Å²) in [7, 11) is 0. The first-order valence-electron chi connectivity index (χ1n) is 7.31. The van der Waals surface area contributed by atoms with Crippen molar-refractivity contribution in [2.45, 2.75) is 39.4 Å². The van der Waals surface area contributed by atoms with Gasteiger partial charge in [0.1, 0.15) is 6.17 Å². The summed E-state index contributed by atoms with van der Waals surface area (Å²) in [5.41, 5.74) is 0. The third-order valence-corrected chi connectivity index (χ3v) is 4.38. The molecule has 5 heteroatoms. The Labute approximate surface area is 125 Å². The molecule has 1 amide bonds. The molecule has 1 aromatic heterocycles. The van der Waals surface area contributed by atoms with Gasteiger partial charge < -0.3 is 9.64 Å². The Bertz CT molecular complexity index is 420. The maximum Gasteiger partial charge on any atom is 0.241 e. The number of carbonyl (C=O) groups excluding carboxylic acids is 1. The summed E-state index contributed by atoms with van der Waals surface area (Å²) in [5.74, 6) is 0.712. The van der Waals surface area contributed by atoms with Gasteiger partial charge in [-0.05, 0) is 30.7 Å². The van der Waals surface area contributed by atoms with Crippen molar-refractivity contribution in [2.75, 3.05) is 19.8 Å². The van der Waals surface area contributed by atoms with Crippen LogP contribution in [0.15, 0.2) is 17.5 Å². The van der Waals surface area contributed by atoms with Crippen LogP contribution in [0, 0.1) is 5.92 Å². The molecule has 1 fully saturated rings. The molecule has 0 spiro atoms. The van der Waals surface area contributed by atoms with E-state index in [1.165, 1.54) is 4.88 Å². The van der Waals surface area contributed by atoms with E-state index in [0.29, 0.717) is 25.7 Å². The van der Waals surface area contributed by atoms with Crippen LogP contribution in [0.1, 0.15) is 38.2 Å². The van der Waals surface area contributed by atoms with E-state index in [1.54, 1.807) is 11.3 Å². The van der Waals surface area contributed by atoms with E-state index < -0.39 is 0 Å². The van der Waals surface area contributed by atoms with Gasteiger partial charge >= 0.3 is 0 Å².